The number of benzene rings is 6. The van der Waals surface area contributed by atoms with Gasteiger partial charge in [-0.3, -0.25) is 0 Å². The van der Waals surface area contributed by atoms with Crippen LogP contribution in [0.1, 0.15) is 0 Å². The summed E-state index contributed by atoms with van der Waals surface area (Å²) in [4.78, 5) is 0. The van der Waals surface area contributed by atoms with Gasteiger partial charge in [0.15, 0.2) is 0 Å². The predicted molar refractivity (Wildman–Crippen MR) is 182 cm³/mol. The third-order valence-electron chi connectivity index (χ3n) is 6.09. The second-order valence-corrected chi connectivity index (χ2v) is 13.1. The van der Waals surface area contributed by atoms with Crippen molar-refractivity contribution in [3.63, 3.8) is 0 Å². The monoisotopic (exact) mass is 795 g/mol. The fourth-order valence-electron chi connectivity index (χ4n) is 4.36. The molecule has 3 nitrogen and oxygen atoms in total. The summed E-state index contributed by atoms with van der Waals surface area (Å²) in [6.45, 7) is 13.5. The van der Waals surface area contributed by atoms with Gasteiger partial charge in [-0.05, 0) is 47.7 Å². The molecule has 45 heavy (non-hydrogen) atoms. The Labute approximate surface area is 282 Å². The van der Waals surface area contributed by atoms with E-state index in [4.69, 9.17) is 14.0 Å². The summed E-state index contributed by atoms with van der Waals surface area (Å²) in [5.41, 5.74) is 0. The second kappa shape index (κ2) is 24.4. The van der Waals surface area contributed by atoms with Crippen LogP contribution in [0.5, 0.6) is 0 Å². The molecule has 6 rings (SSSR count). The van der Waals surface area contributed by atoms with E-state index in [1.807, 2.05) is 0 Å². The van der Waals surface area contributed by atoms with Crippen molar-refractivity contribution < 1.29 is 34.4 Å². The summed E-state index contributed by atoms with van der Waals surface area (Å²) in [6, 6.07) is 64.7. The molecule has 221 valence electrons. The van der Waals surface area contributed by atoms with Crippen LogP contribution in [0.15, 0.2) is 182 Å². The zero-order valence-corrected chi connectivity index (χ0v) is 28.8. The molecule has 0 amide bonds. The summed E-state index contributed by atoms with van der Waals surface area (Å²) in [5.74, 6) is 0. The Kier molecular flexibility index (Phi) is 21.2. The van der Waals surface area contributed by atoms with Crippen LogP contribution in [-0.4, -0.2) is 0 Å². The van der Waals surface area contributed by atoms with Gasteiger partial charge < -0.3 is 0 Å². The molecule has 6 heteroatoms. The van der Waals surface area contributed by atoms with Crippen LogP contribution >= 0.6 is 15.8 Å². The summed E-state index contributed by atoms with van der Waals surface area (Å²) in [7, 11) is -0.892. The molecule has 6 aromatic rings. The van der Waals surface area contributed by atoms with Crippen LogP contribution < -0.4 is 31.8 Å². The van der Waals surface area contributed by atoms with Crippen LogP contribution in [0.3, 0.4) is 0 Å². The van der Waals surface area contributed by atoms with Crippen LogP contribution in [0.25, 0.3) is 0 Å². The smallest absolute Gasteiger partial charge is 0 e. The Hall–Kier alpha value is -3.94. The first kappa shape index (κ1) is 39.1. The molecule has 0 aliphatic rings. The molecule has 1 radical (unpaired) electrons. The van der Waals surface area contributed by atoms with E-state index in [0.29, 0.717) is 0 Å². The van der Waals surface area contributed by atoms with E-state index in [9.17, 15) is 0 Å². The molecule has 0 unspecified atom stereocenters. The Bertz CT molecular complexity index is 1310. The van der Waals surface area contributed by atoms with Crippen molar-refractivity contribution in [3.8, 4) is 0 Å². The van der Waals surface area contributed by atoms with Gasteiger partial charge in [-0.2, -0.15) is 0 Å². The van der Waals surface area contributed by atoms with E-state index in [-0.39, 0.29) is 20.4 Å². The standard InChI is InChI=1S/2C18H15P.3CO.Re/c2*1-4-10-16(11-5-1)19(17-12-6-2-7-13-17)18-14-8-3-9-15-18;3*1-2;/h2*1-15H;;;;. The molecule has 0 saturated heterocycles. The van der Waals surface area contributed by atoms with Crippen LogP contribution in [0.4, 0.5) is 0 Å². The molecular weight excluding hydrogens is 765 g/mol. The van der Waals surface area contributed by atoms with Gasteiger partial charge in [-0.15, -0.1) is 0 Å². The van der Waals surface area contributed by atoms with Crippen molar-refractivity contribution in [2.45, 2.75) is 0 Å². The van der Waals surface area contributed by atoms with Gasteiger partial charge in [-0.25, -0.2) is 0 Å². The van der Waals surface area contributed by atoms with E-state index in [1.165, 1.54) is 31.8 Å². The summed E-state index contributed by atoms with van der Waals surface area (Å²) in [6.07, 6.45) is 0. The number of rotatable bonds is 6. The van der Waals surface area contributed by atoms with E-state index in [0.717, 1.165) is 0 Å². The molecule has 6 aromatic carbocycles. The van der Waals surface area contributed by atoms with Crippen molar-refractivity contribution in [2.24, 2.45) is 0 Å². The quantitative estimate of drug-likeness (QED) is 0.102. The normalized spacial score (nSPS) is 9.07. The minimum atomic E-state index is -0.446. The van der Waals surface area contributed by atoms with E-state index in [1.54, 1.807) is 0 Å². The van der Waals surface area contributed by atoms with Crippen molar-refractivity contribution >= 4 is 47.7 Å². The van der Waals surface area contributed by atoms with Gasteiger partial charge in [0.1, 0.15) is 0 Å². The second-order valence-electron chi connectivity index (χ2n) is 8.68. The molecule has 0 saturated carbocycles. The largest absolute Gasteiger partial charge is 0.0622 e. The van der Waals surface area contributed by atoms with E-state index in [2.05, 4.69) is 202 Å². The van der Waals surface area contributed by atoms with Crippen LogP contribution in [0, 0.1) is 20.0 Å². The topological polar surface area (TPSA) is 59.7 Å². The zero-order chi connectivity index (χ0) is 31.8. The summed E-state index contributed by atoms with van der Waals surface area (Å²) < 4.78 is 22.5. The molecule has 0 heterocycles. The van der Waals surface area contributed by atoms with Gasteiger partial charge in [-0.1, -0.05) is 182 Å². The average Bonchev–Trinajstić information content (AvgIpc) is 3.14. The van der Waals surface area contributed by atoms with E-state index < -0.39 is 15.8 Å². The predicted octanol–water partition coefficient (Wildman–Crippen LogP) is 6.77. The Morgan fingerprint density at radius 3 is 0.467 bits per heavy atom. The minimum Gasteiger partial charge on any atom is -0.0622 e. The fraction of sp³-hybridized carbons (Fsp3) is 0. The first-order chi connectivity index (χ1) is 21.9. The molecule has 0 aromatic heterocycles. The first-order valence-electron chi connectivity index (χ1n) is 13.4. The third-order valence-corrected chi connectivity index (χ3v) is 11.0. The molecule has 0 fully saturated rings. The molecule has 0 N–H and O–H groups in total. The minimum absolute atomic E-state index is 0. The number of hydrogen-bond donors (Lipinski definition) is 0. The van der Waals surface area contributed by atoms with Gasteiger partial charge >= 0.3 is 33.9 Å². The van der Waals surface area contributed by atoms with Crippen molar-refractivity contribution in [3.05, 3.63) is 202 Å². The van der Waals surface area contributed by atoms with Crippen molar-refractivity contribution in [1.29, 1.82) is 0 Å². The summed E-state index contributed by atoms with van der Waals surface area (Å²) in [5, 5.41) is 8.39. The molecule has 0 atom stereocenters. The Morgan fingerprint density at radius 1 is 0.244 bits per heavy atom. The maximum Gasteiger partial charge on any atom is 0 e. The Balaban J connectivity index is 0.000000379. The number of hydrogen-bond acceptors (Lipinski definition) is 0. The van der Waals surface area contributed by atoms with Crippen LogP contribution in [0.2, 0.25) is 0 Å². The molecule has 0 aliphatic carbocycles. The molecule has 0 spiro atoms. The van der Waals surface area contributed by atoms with Gasteiger partial charge in [0.05, 0.1) is 0 Å². The third kappa shape index (κ3) is 12.5. The maximum absolute atomic E-state index is 7.50. The van der Waals surface area contributed by atoms with E-state index >= 15 is 0 Å². The van der Waals surface area contributed by atoms with Crippen molar-refractivity contribution in [2.75, 3.05) is 0 Å². The maximum atomic E-state index is 7.50. The molecule has 0 bridgehead atoms. The average molecular weight is 795 g/mol. The van der Waals surface area contributed by atoms with Crippen molar-refractivity contribution in [1.82, 2.24) is 0 Å². The SMILES string of the molecule is [C-]#[O+].[C-]#[O+].[C-]#[O+].[Re].c1ccc(P(c2ccccc2)c2ccccc2)cc1.c1ccc(P(c2ccccc2)c2ccccc2)cc1. The van der Waals surface area contributed by atoms with Crippen LogP contribution in [-0.2, 0) is 34.4 Å². The summed E-state index contributed by atoms with van der Waals surface area (Å²) >= 11 is 0. The fourth-order valence-corrected chi connectivity index (χ4v) is 8.97. The Morgan fingerprint density at radius 2 is 0.356 bits per heavy atom. The zero-order valence-electron chi connectivity index (χ0n) is 24.3. The molecule has 0 aliphatic heterocycles. The van der Waals surface area contributed by atoms with Gasteiger partial charge in [0.25, 0.3) is 0 Å². The van der Waals surface area contributed by atoms with Gasteiger partial charge in [0.2, 0.25) is 0 Å². The first-order valence-corrected chi connectivity index (χ1v) is 16.1. The van der Waals surface area contributed by atoms with Gasteiger partial charge in [0, 0.05) is 20.4 Å². The molecular formula is C39H30O3P2Re.